The third kappa shape index (κ3) is 3.61. The molecule has 7 heteroatoms. The molecule has 0 spiro atoms. The number of methoxy groups -OCH3 is 1. The number of fused-ring (bicyclic) bond motifs is 3. The Morgan fingerprint density at radius 1 is 1.48 bits per heavy atom. The highest BCUT2D eigenvalue weighted by Gasteiger charge is 2.23. The van der Waals surface area contributed by atoms with Gasteiger partial charge in [-0.2, -0.15) is 0 Å². The van der Waals surface area contributed by atoms with E-state index in [1.807, 2.05) is 0 Å². The fourth-order valence-corrected chi connectivity index (χ4v) is 4.28. The number of nitrogens with zero attached hydrogens (tertiary/aromatic N) is 2. The number of carbonyl (C=O) groups is 1. The Morgan fingerprint density at radius 2 is 2.35 bits per heavy atom. The van der Waals surface area contributed by atoms with Gasteiger partial charge in [-0.25, -0.2) is 9.97 Å². The van der Waals surface area contributed by atoms with Crippen LogP contribution in [0.5, 0.6) is 0 Å². The second kappa shape index (κ2) is 7.23. The van der Waals surface area contributed by atoms with Gasteiger partial charge >= 0.3 is 0 Å². The maximum Gasteiger partial charge on any atom is 0.239 e. The highest BCUT2D eigenvalue weighted by Crippen LogP contribution is 2.39. The van der Waals surface area contributed by atoms with E-state index in [1.165, 1.54) is 16.9 Å². The molecule has 2 aromatic heterocycles. The zero-order valence-electron chi connectivity index (χ0n) is 13.5. The van der Waals surface area contributed by atoms with Crippen molar-refractivity contribution in [3.8, 4) is 0 Å². The van der Waals surface area contributed by atoms with Crippen molar-refractivity contribution in [1.29, 1.82) is 0 Å². The number of hydrogen-bond donors (Lipinski definition) is 2. The lowest BCUT2D eigenvalue weighted by Gasteiger charge is -2.18. The highest BCUT2D eigenvalue weighted by molar-refractivity contribution is 7.19. The van der Waals surface area contributed by atoms with Gasteiger partial charge in [0.1, 0.15) is 17.0 Å². The predicted octanol–water partition coefficient (Wildman–Crippen LogP) is 1.99. The molecule has 0 fully saturated rings. The molecule has 1 aliphatic carbocycles. The van der Waals surface area contributed by atoms with Crippen LogP contribution in [0, 0.1) is 5.92 Å². The molecule has 1 unspecified atom stereocenters. The summed E-state index contributed by atoms with van der Waals surface area (Å²) in [7, 11) is 1.61. The molecule has 1 aliphatic rings. The fraction of sp³-hybridized carbons (Fsp3) is 0.562. The molecule has 1 amide bonds. The summed E-state index contributed by atoms with van der Waals surface area (Å²) in [6.45, 7) is 3.53. The molecule has 1 atom stereocenters. The summed E-state index contributed by atoms with van der Waals surface area (Å²) in [5.41, 5.74) is 1.37. The van der Waals surface area contributed by atoms with Gasteiger partial charge in [-0.1, -0.05) is 6.92 Å². The monoisotopic (exact) mass is 334 g/mol. The summed E-state index contributed by atoms with van der Waals surface area (Å²) >= 11 is 1.76. The number of thiophene rings is 1. The third-order valence-electron chi connectivity index (χ3n) is 4.14. The molecule has 0 saturated carbocycles. The zero-order valence-corrected chi connectivity index (χ0v) is 14.3. The van der Waals surface area contributed by atoms with E-state index in [0.717, 1.165) is 34.8 Å². The Morgan fingerprint density at radius 3 is 3.17 bits per heavy atom. The number of aromatic nitrogens is 2. The van der Waals surface area contributed by atoms with E-state index in [1.54, 1.807) is 24.8 Å². The first-order valence-electron chi connectivity index (χ1n) is 7.93. The number of carbonyl (C=O) groups excluding carboxylic acids is 1. The third-order valence-corrected chi connectivity index (χ3v) is 5.30. The largest absolute Gasteiger partial charge is 0.383 e. The van der Waals surface area contributed by atoms with Crippen molar-refractivity contribution in [1.82, 2.24) is 15.3 Å². The minimum Gasteiger partial charge on any atom is -0.383 e. The average molecular weight is 334 g/mol. The maximum atomic E-state index is 11.8. The first-order chi connectivity index (χ1) is 11.2. The van der Waals surface area contributed by atoms with Crippen LogP contribution in [0.3, 0.4) is 0 Å². The fourth-order valence-electron chi connectivity index (χ4n) is 2.93. The smallest absolute Gasteiger partial charge is 0.239 e. The van der Waals surface area contributed by atoms with Crippen LogP contribution in [0.2, 0.25) is 0 Å². The van der Waals surface area contributed by atoms with Gasteiger partial charge in [0.05, 0.1) is 18.5 Å². The topological polar surface area (TPSA) is 76.1 Å². The number of ether oxygens (including phenoxy) is 1. The number of nitrogens with one attached hydrogen (secondary N) is 2. The van der Waals surface area contributed by atoms with Crippen molar-refractivity contribution in [2.45, 2.75) is 26.2 Å². The normalized spacial score (nSPS) is 17.0. The predicted molar refractivity (Wildman–Crippen MR) is 92.0 cm³/mol. The van der Waals surface area contributed by atoms with E-state index in [-0.39, 0.29) is 12.5 Å². The average Bonchev–Trinajstić information content (AvgIpc) is 2.91. The molecule has 2 N–H and O–H groups in total. The summed E-state index contributed by atoms with van der Waals surface area (Å²) in [5, 5.41) is 7.06. The van der Waals surface area contributed by atoms with Gasteiger partial charge in [0.25, 0.3) is 0 Å². The van der Waals surface area contributed by atoms with Gasteiger partial charge in [0, 0.05) is 18.5 Å². The number of rotatable bonds is 6. The minimum atomic E-state index is -0.0634. The summed E-state index contributed by atoms with van der Waals surface area (Å²) in [4.78, 5) is 23.0. The molecule has 0 saturated heterocycles. The quantitative estimate of drug-likeness (QED) is 0.790. The Labute approximate surface area is 139 Å². The molecule has 0 bridgehead atoms. The molecule has 2 aromatic rings. The Hall–Kier alpha value is -1.73. The SMILES string of the molecule is COCCNC(=O)CNc1ncnc2sc3c(c12)CCC(C)C3. The number of amides is 1. The Balaban J connectivity index is 1.75. The van der Waals surface area contributed by atoms with E-state index in [2.05, 4.69) is 27.5 Å². The highest BCUT2D eigenvalue weighted by atomic mass is 32.1. The van der Waals surface area contributed by atoms with Crippen LogP contribution in [0.1, 0.15) is 23.8 Å². The van der Waals surface area contributed by atoms with Crippen LogP contribution in [0.25, 0.3) is 10.2 Å². The van der Waals surface area contributed by atoms with Gasteiger partial charge in [0.15, 0.2) is 0 Å². The van der Waals surface area contributed by atoms with E-state index < -0.39 is 0 Å². The Bertz CT molecular complexity index is 701. The molecule has 0 radical (unpaired) electrons. The summed E-state index contributed by atoms with van der Waals surface area (Å²) in [5.74, 6) is 1.43. The van der Waals surface area contributed by atoms with Crippen molar-refractivity contribution in [3.05, 3.63) is 16.8 Å². The maximum absolute atomic E-state index is 11.8. The van der Waals surface area contributed by atoms with Crippen molar-refractivity contribution in [2.24, 2.45) is 5.92 Å². The zero-order chi connectivity index (χ0) is 16.2. The van der Waals surface area contributed by atoms with Crippen LogP contribution >= 0.6 is 11.3 Å². The molecule has 3 rings (SSSR count). The molecule has 6 nitrogen and oxygen atoms in total. The van der Waals surface area contributed by atoms with Gasteiger partial charge in [-0.05, 0) is 30.7 Å². The molecular formula is C16H22N4O2S. The van der Waals surface area contributed by atoms with Crippen molar-refractivity contribution in [2.75, 3.05) is 32.1 Å². The van der Waals surface area contributed by atoms with E-state index in [0.29, 0.717) is 13.2 Å². The van der Waals surface area contributed by atoms with E-state index >= 15 is 0 Å². The van der Waals surface area contributed by atoms with E-state index in [4.69, 9.17) is 4.74 Å². The molecular weight excluding hydrogens is 312 g/mol. The van der Waals surface area contributed by atoms with Gasteiger partial charge < -0.3 is 15.4 Å². The van der Waals surface area contributed by atoms with Crippen LogP contribution < -0.4 is 10.6 Å². The van der Waals surface area contributed by atoms with Crippen LogP contribution in [-0.4, -0.2) is 42.7 Å². The minimum absolute atomic E-state index is 0.0634. The van der Waals surface area contributed by atoms with Crippen LogP contribution in [0.4, 0.5) is 5.82 Å². The molecule has 23 heavy (non-hydrogen) atoms. The second-order valence-corrected chi connectivity index (χ2v) is 7.03. The number of aryl methyl sites for hydroxylation is 1. The summed E-state index contributed by atoms with van der Waals surface area (Å²) in [6, 6.07) is 0. The molecule has 0 aliphatic heterocycles. The van der Waals surface area contributed by atoms with Crippen LogP contribution in [0.15, 0.2) is 6.33 Å². The van der Waals surface area contributed by atoms with Crippen molar-refractivity contribution >= 4 is 33.3 Å². The van der Waals surface area contributed by atoms with E-state index in [9.17, 15) is 4.79 Å². The lowest BCUT2D eigenvalue weighted by molar-refractivity contribution is -0.119. The van der Waals surface area contributed by atoms with Gasteiger partial charge in [-0.3, -0.25) is 4.79 Å². The van der Waals surface area contributed by atoms with Crippen molar-refractivity contribution < 1.29 is 9.53 Å². The molecule has 2 heterocycles. The van der Waals surface area contributed by atoms with Crippen molar-refractivity contribution in [3.63, 3.8) is 0 Å². The summed E-state index contributed by atoms with van der Waals surface area (Å²) in [6.07, 6.45) is 4.95. The standard InChI is InChI=1S/C16H22N4O2S/c1-10-3-4-11-12(7-10)23-16-14(11)15(19-9-20-16)18-8-13(21)17-5-6-22-2/h9-10H,3-8H2,1-2H3,(H,17,21)(H,18,19,20). The lowest BCUT2D eigenvalue weighted by atomic mass is 9.89. The van der Waals surface area contributed by atoms with Gasteiger partial charge in [0.2, 0.25) is 5.91 Å². The number of anilines is 1. The lowest BCUT2D eigenvalue weighted by Crippen LogP contribution is -2.32. The first-order valence-corrected chi connectivity index (χ1v) is 8.75. The van der Waals surface area contributed by atoms with Crippen LogP contribution in [-0.2, 0) is 22.4 Å². The summed E-state index contributed by atoms with van der Waals surface area (Å²) < 4.78 is 4.92. The molecule has 124 valence electrons. The second-order valence-electron chi connectivity index (χ2n) is 5.95. The Kier molecular flexibility index (Phi) is 5.07. The molecule has 0 aromatic carbocycles. The first kappa shape index (κ1) is 16.1. The number of hydrogen-bond acceptors (Lipinski definition) is 6. The van der Waals surface area contributed by atoms with Gasteiger partial charge in [-0.15, -0.1) is 11.3 Å².